The SMILES string of the molecule is CCOC(=O)[C@]1(Cc2ccccc2C)CCCN(C(=O)c2cc(CC)nn2C)C1. The Labute approximate surface area is 172 Å². The molecular formula is C23H31N3O3. The lowest BCUT2D eigenvalue weighted by molar-refractivity contribution is -0.158. The molecule has 3 rings (SSSR count). The molecule has 0 N–H and O–H groups in total. The number of hydrogen-bond donors (Lipinski definition) is 0. The highest BCUT2D eigenvalue weighted by atomic mass is 16.5. The fourth-order valence-electron chi connectivity index (χ4n) is 4.21. The number of rotatable bonds is 6. The zero-order valence-electron chi connectivity index (χ0n) is 17.9. The lowest BCUT2D eigenvalue weighted by Gasteiger charge is -2.41. The van der Waals surface area contributed by atoms with Gasteiger partial charge in [-0.2, -0.15) is 5.10 Å². The van der Waals surface area contributed by atoms with E-state index in [1.54, 1.807) is 16.6 Å². The number of nitrogens with zero attached hydrogens (tertiary/aromatic N) is 3. The van der Waals surface area contributed by atoms with Gasteiger partial charge in [-0.05, 0) is 56.7 Å². The first-order valence-corrected chi connectivity index (χ1v) is 10.4. The third-order valence-corrected chi connectivity index (χ3v) is 5.87. The minimum absolute atomic E-state index is 0.0714. The number of likely N-dealkylation sites (tertiary alicyclic amines) is 1. The van der Waals surface area contributed by atoms with Crippen LogP contribution in [0, 0.1) is 12.3 Å². The molecule has 0 aliphatic carbocycles. The maximum absolute atomic E-state index is 13.3. The fourth-order valence-corrected chi connectivity index (χ4v) is 4.21. The number of hydrogen-bond acceptors (Lipinski definition) is 4. The van der Waals surface area contributed by atoms with Crippen molar-refractivity contribution in [2.24, 2.45) is 12.5 Å². The van der Waals surface area contributed by atoms with E-state index in [4.69, 9.17) is 4.74 Å². The van der Waals surface area contributed by atoms with E-state index in [0.717, 1.165) is 36.1 Å². The van der Waals surface area contributed by atoms with Crippen LogP contribution in [0.25, 0.3) is 0 Å². The number of carbonyl (C=O) groups excluding carboxylic acids is 2. The maximum atomic E-state index is 13.3. The van der Waals surface area contributed by atoms with Gasteiger partial charge in [0, 0.05) is 20.1 Å². The van der Waals surface area contributed by atoms with Crippen LogP contribution in [0.2, 0.25) is 0 Å². The molecule has 1 fully saturated rings. The molecule has 1 aromatic heterocycles. The summed E-state index contributed by atoms with van der Waals surface area (Å²) < 4.78 is 7.12. The monoisotopic (exact) mass is 397 g/mol. The van der Waals surface area contributed by atoms with Gasteiger partial charge in [0.05, 0.1) is 17.7 Å². The van der Waals surface area contributed by atoms with Gasteiger partial charge in [-0.3, -0.25) is 14.3 Å². The van der Waals surface area contributed by atoms with Crippen LogP contribution < -0.4 is 0 Å². The summed E-state index contributed by atoms with van der Waals surface area (Å²) in [4.78, 5) is 28.1. The quantitative estimate of drug-likeness (QED) is 0.702. The Balaban J connectivity index is 1.90. The molecule has 1 amide bonds. The maximum Gasteiger partial charge on any atom is 0.314 e. The standard InChI is InChI=1S/C23H31N3O3/c1-5-19-14-20(25(4)24-19)21(27)26-13-9-12-23(16-26,22(28)29-6-2)15-18-11-8-7-10-17(18)3/h7-8,10-11,14H,5-6,9,12-13,15-16H2,1-4H3/t23-/m0/s1. The predicted molar refractivity (Wildman–Crippen MR) is 112 cm³/mol. The summed E-state index contributed by atoms with van der Waals surface area (Å²) >= 11 is 0. The van der Waals surface area contributed by atoms with Crippen molar-refractivity contribution in [2.75, 3.05) is 19.7 Å². The van der Waals surface area contributed by atoms with E-state index in [1.165, 1.54) is 0 Å². The normalized spacial score (nSPS) is 19.2. The van der Waals surface area contributed by atoms with Crippen molar-refractivity contribution in [3.05, 3.63) is 52.8 Å². The molecule has 0 spiro atoms. The molecule has 2 heterocycles. The average Bonchev–Trinajstić information content (AvgIpc) is 3.10. The van der Waals surface area contributed by atoms with Gasteiger partial charge >= 0.3 is 5.97 Å². The summed E-state index contributed by atoms with van der Waals surface area (Å²) in [5.41, 5.74) is 3.02. The lowest BCUT2D eigenvalue weighted by atomic mass is 9.74. The largest absolute Gasteiger partial charge is 0.466 e. The van der Waals surface area contributed by atoms with Crippen molar-refractivity contribution in [1.29, 1.82) is 0 Å². The minimum atomic E-state index is -0.720. The molecule has 1 aliphatic rings. The third kappa shape index (κ3) is 4.36. The van der Waals surface area contributed by atoms with E-state index in [9.17, 15) is 9.59 Å². The number of aromatic nitrogens is 2. The number of piperidine rings is 1. The summed E-state index contributed by atoms with van der Waals surface area (Å²) in [6.07, 6.45) is 2.85. The molecule has 0 unspecified atom stereocenters. The molecule has 1 aromatic carbocycles. The number of ether oxygens (including phenoxy) is 1. The van der Waals surface area contributed by atoms with Gasteiger partial charge in [-0.1, -0.05) is 31.2 Å². The van der Waals surface area contributed by atoms with Gasteiger partial charge < -0.3 is 9.64 Å². The Kier molecular flexibility index (Phi) is 6.40. The van der Waals surface area contributed by atoms with Crippen LogP contribution >= 0.6 is 0 Å². The lowest BCUT2D eigenvalue weighted by Crippen LogP contribution is -2.52. The second-order valence-corrected chi connectivity index (χ2v) is 7.93. The second kappa shape index (κ2) is 8.80. The zero-order valence-corrected chi connectivity index (χ0v) is 17.9. The Bertz CT molecular complexity index is 889. The van der Waals surface area contributed by atoms with E-state index in [1.807, 2.05) is 32.0 Å². The number of aryl methyl sites for hydroxylation is 3. The number of amides is 1. The van der Waals surface area contributed by atoms with Gasteiger partial charge in [-0.25, -0.2) is 0 Å². The topological polar surface area (TPSA) is 64.4 Å². The highest BCUT2D eigenvalue weighted by Crippen LogP contribution is 2.36. The van der Waals surface area contributed by atoms with E-state index in [2.05, 4.69) is 24.2 Å². The minimum Gasteiger partial charge on any atom is -0.466 e. The highest BCUT2D eigenvalue weighted by Gasteiger charge is 2.45. The number of benzene rings is 1. The van der Waals surface area contributed by atoms with Gasteiger partial charge in [0.2, 0.25) is 0 Å². The Hall–Kier alpha value is -2.63. The van der Waals surface area contributed by atoms with Crippen molar-refractivity contribution < 1.29 is 14.3 Å². The first-order valence-electron chi connectivity index (χ1n) is 10.4. The number of carbonyl (C=O) groups is 2. The summed E-state index contributed by atoms with van der Waals surface area (Å²) in [5, 5.41) is 4.40. The Morgan fingerprint density at radius 1 is 1.24 bits per heavy atom. The Morgan fingerprint density at radius 3 is 2.66 bits per heavy atom. The molecule has 6 heteroatoms. The van der Waals surface area contributed by atoms with E-state index < -0.39 is 5.41 Å². The van der Waals surface area contributed by atoms with E-state index in [0.29, 0.717) is 31.8 Å². The van der Waals surface area contributed by atoms with Gasteiger partial charge in [0.25, 0.3) is 5.91 Å². The van der Waals surface area contributed by atoms with Crippen molar-refractivity contribution in [3.8, 4) is 0 Å². The summed E-state index contributed by atoms with van der Waals surface area (Å²) in [5.74, 6) is -0.280. The molecule has 0 radical (unpaired) electrons. The van der Waals surface area contributed by atoms with Gasteiger partial charge in [0.1, 0.15) is 5.69 Å². The molecule has 1 aliphatic heterocycles. The van der Waals surface area contributed by atoms with Crippen LogP contribution in [0.5, 0.6) is 0 Å². The molecule has 0 saturated carbocycles. The molecule has 1 saturated heterocycles. The second-order valence-electron chi connectivity index (χ2n) is 7.93. The van der Waals surface area contributed by atoms with E-state index >= 15 is 0 Å². The van der Waals surface area contributed by atoms with Crippen molar-refractivity contribution in [2.45, 2.75) is 46.5 Å². The average molecular weight is 398 g/mol. The van der Waals surface area contributed by atoms with Crippen LogP contribution in [0.4, 0.5) is 0 Å². The molecule has 0 bridgehead atoms. The summed E-state index contributed by atoms with van der Waals surface area (Å²) in [6.45, 7) is 7.25. The van der Waals surface area contributed by atoms with Gasteiger partial charge in [0.15, 0.2) is 0 Å². The van der Waals surface area contributed by atoms with Crippen LogP contribution in [0.3, 0.4) is 0 Å². The highest BCUT2D eigenvalue weighted by molar-refractivity contribution is 5.93. The Morgan fingerprint density at radius 2 is 2.00 bits per heavy atom. The zero-order chi connectivity index (χ0) is 21.0. The smallest absolute Gasteiger partial charge is 0.314 e. The molecular weight excluding hydrogens is 366 g/mol. The van der Waals surface area contributed by atoms with Crippen molar-refractivity contribution in [1.82, 2.24) is 14.7 Å². The first kappa shape index (κ1) is 21.1. The van der Waals surface area contributed by atoms with Crippen LogP contribution in [0.1, 0.15) is 54.0 Å². The summed E-state index contributed by atoms with van der Waals surface area (Å²) in [6, 6.07) is 9.97. The summed E-state index contributed by atoms with van der Waals surface area (Å²) in [7, 11) is 1.79. The van der Waals surface area contributed by atoms with Crippen LogP contribution in [-0.2, 0) is 29.4 Å². The number of esters is 1. The van der Waals surface area contributed by atoms with E-state index in [-0.39, 0.29) is 11.9 Å². The molecule has 6 nitrogen and oxygen atoms in total. The van der Waals surface area contributed by atoms with Crippen LogP contribution in [0.15, 0.2) is 30.3 Å². The first-order chi connectivity index (χ1) is 13.9. The van der Waals surface area contributed by atoms with Crippen molar-refractivity contribution >= 4 is 11.9 Å². The van der Waals surface area contributed by atoms with Crippen LogP contribution in [-0.4, -0.2) is 46.3 Å². The third-order valence-electron chi connectivity index (χ3n) is 5.87. The van der Waals surface area contributed by atoms with Gasteiger partial charge in [-0.15, -0.1) is 0 Å². The molecule has 2 aromatic rings. The fraction of sp³-hybridized carbons (Fsp3) is 0.522. The molecule has 29 heavy (non-hydrogen) atoms. The molecule has 156 valence electrons. The molecule has 1 atom stereocenters. The van der Waals surface area contributed by atoms with Crippen molar-refractivity contribution in [3.63, 3.8) is 0 Å². The predicted octanol–water partition coefficient (Wildman–Crippen LogP) is 3.32.